The number of hydrogen-bond donors (Lipinski definition) is 0. The van der Waals surface area contributed by atoms with Crippen LogP contribution in [0.2, 0.25) is 0 Å². The van der Waals surface area contributed by atoms with E-state index in [1.54, 1.807) is 4.88 Å². The van der Waals surface area contributed by atoms with E-state index in [-0.39, 0.29) is 5.79 Å². The Labute approximate surface area is 135 Å². The molecule has 2 bridgehead atoms. The molecule has 1 aromatic carbocycles. The summed E-state index contributed by atoms with van der Waals surface area (Å²) in [6.07, 6.45) is 4.33. The second-order valence-corrected chi connectivity index (χ2v) is 7.77. The van der Waals surface area contributed by atoms with Crippen molar-refractivity contribution >= 4 is 11.3 Å². The molecule has 22 heavy (non-hydrogen) atoms. The summed E-state index contributed by atoms with van der Waals surface area (Å²) in [5.74, 6) is 0.501. The normalized spacial score (nSPS) is 28.7. The van der Waals surface area contributed by atoms with Gasteiger partial charge in [0.2, 0.25) is 0 Å². The van der Waals surface area contributed by atoms with Crippen LogP contribution in [0.25, 0.3) is 0 Å². The molecule has 1 fully saturated rings. The van der Waals surface area contributed by atoms with Crippen LogP contribution in [0.1, 0.15) is 21.6 Å². The van der Waals surface area contributed by atoms with Crippen molar-refractivity contribution in [2.24, 2.45) is 11.8 Å². The van der Waals surface area contributed by atoms with Gasteiger partial charge in [-0.05, 0) is 53.8 Å². The molecule has 3 aliphatic rings. The zero-order chi connectivity index (χ0) is 14.6. The van der Waals surface area contributed by atoms with Crippen molar-refractivity contribution in [1.82, 2.24) is 0 Å². The Morgan fingerprint density at radius 2 is 1.45 bits per heavy atom. The van der Waals surface area contributed by atoms with Gasteiger partial charge in [-0.3, -0.25) is 0 Å². The molecule has 1 saturated heterocycles. The first-order chi connectivity index (χ1) is 10.9. The van der Waals surface area contributed by atoms with Crippen LogP contribution in [0.5, 0.6) is 0 Å². The molecule has 3 heteroatoms. The van der Waals surface area contributed by atoms with Gasteiger partial charge in [-0.1, -0.05) is 24.3 Å². The van der Waals surface area contributed by atoms with E-state index in [2.05, 4.69) is 35.7 Å². The predicted molar refractivity (Wildman–Crippen MR) is 87.2 cm³/mol. The number of benzene rings is 1. The summed E-state index contributed by atoms with van der Waals surface area (Å²) in [4.78, 5) is 1.55. The Morgan fingerprint density at radius 1 is 0.818 bits per heavy atom. The third kappa shape index (κ3) is 1.86. The van der Waals surface area contributed by atoms with Gasteiger partial charge in [-0.2, -0.15) is 0 Å². The fourth-order valence-corrected chi connectivity index (χ4v) is 5.66. The third-order valence-electron chi connectivity index (χ3n) is 5.66. The molecule has 0 radical (unpaired) electrons. The lowest BCUT2D eigenvalue weighted by Crippen LogP contribution is -2.47. The van der Waals surface area contributed by atoms with Crippen molar-refractivity contribution in [3.63, 3.8) is 0 Å². The number of thiophene rings is 1. The largest absolute Gasteiger partial charge is 0.347 e. The van der Waals surface area contributed by atoms with Crippen LogP contribution in [-0.2, 0) is 35.2 Å². The van der Waals surface area contributed by atoms with E-state index in [1.807, 2.05) is 11.3 Å². The minimum absolute atomic E-state index is 0.363. The van der Waals surface area contributed by atoms with Crippen LogP contribution < -0.4 is 0 Å². The van der Waals surface area contributed by atoms with Crippen molar-refractivity contribution < 1.29 is 9.47 Å². The van der Waals surface area contributed by atoms with Gasteiger partial charge >= 0.3 is 0 Å². The summed E-state index contributed by atoms with van der Waals surface area (Å²) in [6.45, 7) is 1.49. The topological polar surface area (TPSA) is 18.5 Å². The van der Waals surface area contributed by atoms with E-state index in [0.29, 0.717) is 11.8 Å². The van der Waals surface area contributed by atoms with E-state index < -0.39 is 0 Å². The molecule has 2 heterocycles. The molecule has 1 aromatic heterocycles. The maximum atomic E-state index is 6.32. The van der Waals surface area contributed by atoms with Gasteiger partial charge in [-0.15, -0.1) is 11.3 Å². The van der Waals surface area contributed by atoms with E-state index in [1.165, 1.54) is 16.7 Å². The quantitative estimate of drug-likeness (QED) is 0.740. The predicted octanol–water partition coefficient (Wildman–Crippen LogP) is 3.62. The van der Waals surface area contributed by atoms with E-state index in [4.69, 9.17) is 9.47 Å². The highest BCUT2D eigenvalue weighted by molar-refractivity contribution is 7.10. The second kappa shape index (κ2) is 4.92. The molecular formula is C19H20O2S. The fourth-order valence-electron chi connectivity index (χ4n) is 4.67. The zero-order valence-corrected chi connectivity index (χ0v) is 13.4. The molecule has 2 aromatic rings. The lowest BCUT2D eigenvalue weighted by Gasteiger charge is -2.38. The Kier molecular flexibility index (Phi) is 2.97. The molecule has 2 nitrogen and oxygen atoms in total. The first kappa shape index (κ1) is 13.3. The summed E-state index contributed by atoms with van der Waals surface area (Å²) in [5.41, 5.74) is 4.51. The van der Waals surface area contributed by atoms with Gasteiger partial charge in [0.25, 0.3) is 0 Å². The fraction of sp³-hybridized carbons (Fsp3) is 0.474. The van der Waals surface area contributed by atoms with Gasteiger partial charge in [0.1, 0.15) is 0 Å². The second-order valence-electron chi connectivity index (χ2n) is 6.77. The van der Waals surface area contributed by atoms with Crippen molar-refractivity contribution in [3.8, 4) is 0 Å². The average Bonchev–Trinajstić information content (AvgIpc) is 3.13. The molecule has 0 amide bonds. The maximum absolute atomic E-state index is 6.32. The molecule has 5 rings (SSSR count). The SMILES string of the molecule is c1ccc2c(c1)CC1Cc3ccsc3CC(C2)C12OCCO2. The smallest absolute Gasteiger partial charge is 0.175 e. The Bertz CT molecular complexity index is 647. The molecule has 2 aliphatic carbocycles. The summed E-state index contributed by atoms with van der Waals surface area (Å²) in [7, 11) is 0. The molecule has 0 N–H and O–H groups in total. The average molecular weight is 312 g/mol. The van der Waals surface area contributed by atoms with E-state index in [0.717, 1.165) is 38.9 Å². The van der Waals surface area contributed by atoms with Crippen LogP contribution in [0.4, 0.5) is 0 Å². The van der Waals surface area contributed by atoms with Crippen LogP contribution >= 0.6 is 11.3 Å². The first-order valence-corrected chi connectivity index (χ1v) is 9.13. The summed E-state index contributed by atoms with van der Waals surface area (Å²) < 4.78 is 12.6. The van der Waals surface area contributed by atoms with Crippen LogP contribution in [0.15, 0.2) is 35.7 Å². The highest BCUT2D eigenvalue weighted by Crippen LogP contribution is 2.48. The van der Waals surface area contributed by atoms with Crippen molar-refractivity contribution in [3.05, 3.63) is 57.3 Å². The van der Waals surface area contributed by atoms with E-state index >= 15 is 0 Å². The lowest BCUT2D eigenvalue weighted by atomic mass is 9.83. The van der Waals surface area contributed by atoms with Crippen molar-refractivity contribution in [2.45, 2.75) is 31.5 Å². The van der Waals surface area contributed by atoms with Crippen molar-refractivity contribution in [1.29, 1.82) is 0 Å². The molecule has 0 saturated carbocycles. The standard InChI is InChI=1S/C19H20O2S/c1-2-4-14-10-17-12-18-15(5-8-22-18)11-16(9-13(14)3-1)19(17)20-6-7-21-19/h1-5,8,16-17H,6-7,9-12H2. The summed E-state index contributed by atoms with van der Waals surface area (Å²) in [6, 6.07) is 11.2. The minimum atomic E-state index is -0.363. The minimum Gasteiger partial charge on any atom is -0.347 e. The van der Waals surface area contributed by atoms with Crippen LogP contribution in [-0.4, -0.2) is 19.0 Å². The highest BCUT2D eigenvalue weighted by atomic mass is 32.1. The zero-order valence-electron chi connectivity index (χ0n) is 12.6. The summed E-state index contributed by atoms with van der Waals surface area (Å²) >= 11 is 1.91. The van der Waals surface area contributed by atoms with Crippen LogP contribution in [0, 0.1) is 11.8 Å². The Morgan fingerprint density at radius 3 is 2.18 bits per heavy atom. The van der Waals surface area contributed by atoms with Gasteiger partial charge < -0.3 is 9.47 Å². The molecular weight excluding hydrogens is 292 g/mol. The van der Waals surface area contributed by atoms with Crippen LogP contribution in [0.3, 0.4) is 0 Å². The van der Waals surface area contributed by atoms with Gasteiger partial charge in [0, 0.05) is 16.7 Å². The molecule has 1 spiro atoms. The first-order valence-electron chi connectivity index (χ1n) is 8.25. The number of fused-ring (bicyclic) bond motifs is 2. The monoisotopic (exact) mass is 312 g/mol. The van der Waals surface area contributed by atoms with Gasteiger partial charge in [0.05, 0.1) is 13.2 Å². The molecule has 114 valence electrons. The van der Waals surface area contributed by atoms with Gasteiger partial charge in [-0.25, -0.2) is 0 Å². The van der Waals surface area contributed by atoms with Gasteiger partial charge in [0.15, 0.2) is 5.79 Å². The summed E-state index contributed by atoms with van der Waals surface area (Å²) in [5, 5.41) is 2.25. The highest BCUT2D eigenvalue weighted by Gasteiger charge is 2.53. The molecule has 1 aliphatic heterocycles. The Balaban J connectivity index is 1.66. The van der Waals surface area contributed by atoms with Crippen molar-refractivity contribution in [2.75, 3.05) is 13.2 Å². The lowest BCUT2D eigenvalue weighted by molar-refractivity contribution is -0.227. The third-order valence-corrected chi connectivity index (χ3v) is 6.65. The number of hydrogen-bond acceptors (Lipinski definition) is 3. The molecule has 2 unspecified atom stereocenters. The molecule has 2 atom stereocenters. The van der Waals surface area contributed by atoms with E-state index in [9.17, 15) is 0 Å². The number of rotatable bonds is 0. The maximum Gasteiger partial charge on any atom is 0.175 e. The number of ether oxygens (including phenoxy) is 2. The Hall–Kier alpha value is -1.16.